The van der Waals surface area contributed by atoms with Gasteiger partial charge in [-0.05, 0) is 55.9 Å². The number of ether oxygens (including phenoxy) is 1. The van der Waals surface area contributed by atoms with Crippen molar-refractivity contribution >= 4 is 11.7 Å². The van der Waals surface area contributed by atoms with Crippen LogP contribution in [0.1, 0.15) is 49.5 Å². The number of hydrogen-bond acceptors (Lipinski definition) is 5. The highest BCUT2D eigenvalue weighted by Crippen LogP contribution is 2.18. The van der Waals surface area contributed by atoms with E-state index in [2.05, 4.69) is 36.2 Å². The van der Waals surface area contributed by atoms with Crippen LogP contribution in [0.25, 0.3) is 0 Å². The second kappa shape index (κ2) is 9.87. The van der Waals surface area contributed by atoms with Crippen molar-refractivity contribution in [3.8, 4) is 0 Å². The summed E-state index contributed by atoms with van der Waals surface area (Å²) in [5, 5.41) is 7.01. The summed E-state index contributed by atoms with van der Waals surface area (Å²) in [7, 11) is 0. The third-order valence-electron chi connectivity index (χ3n) is 5.20. The second-order valence-electron chi connectivity index (χ2n) is 8.26. The molecular weight excluding hydrogens is 368 g/mol. The molecule has 2 heterocycles. The van der Waals surface area contributed by atoms with Gasteiger partial charge >= 0.3 is 6.03 Å². The molecule has 1 aliphatic rings. The van der Waals surface area contributed by atoms with Crippen LogP contribution in [0.5, 0.6) is 0 Å². The molecule has 1 unspecified atom stereocenters. The molecule has 0 bridgehead atoms. The fourth-order valence-corrected chi connectivity index (χ4v) is 3.42. The maximum absolute atomic E-state index is 12.6. The predicted molar refractivity (Wildman–Crippen MR) is 112 cm³/mol. The van der Waals surface area contributed by atoms with E-state index in [1.165, 1.54) is 11.1 Å². The molecule has 158 valence electrons. The van der Waals surface area contributed by atoms with Crippen LogP contribution >= 0.6 is 0 Å². The summed E-state index contributed by atoms with van der Waals surface area (Å²) in [6, 6.07) is 5.90. The second-order valence-corrected chi connectivity index (χ2v) is 8.26. The first-order valence-electron chi connectivity index (χ1n) is 10.5. The Bertz CT molecular complexity index is 818. The van der Waals surface area contributed by atoms with Gasteiger partial charge in [0.1, 0.15) is 0 Å². The zero-order valence-corrected chi connectivity index (χ0v) is 17.9. The molecule has 0 spiro atoms. The minimum atomic E-state index is -0.0713. The van der Waals surface area contributed by atoms with Crippen molar-refractivity contribution in [1.82, 2.24) is 15.0 Å². The number of benzene rings is 1. The Kier molecular flexibility index (Phi) is 7.25. The van der Waals surface area contributed by atoms with Gasteiger partial charge < -0.3 is 19.5 Å². The van der Waals surface area contributed by atoms with Crippen LogP contribution in [0.4, 0.5) is 10.5 Å². The van der Waals surface area contributed by atoms with Crippen LogP contribution in [-0.2, 0) is 17.6 Å². The molecular formula is C22H32N4O3. The number of nitrogens with zero attached hydrogens (tertiary/aromatic N) is 3. The molecule has 1 atom stereocenters. The molecule has 2 aromatic rings. The van der Waals surface area contributed by atoms with Crippen molar-refractivity contribution in [2.45, 2.75) is 59.5 Å². The van der Waals surface area contributed by atoms with Crippen molar-refractivity contribution in [1.29, 1.82) is 0 Å². The number of carbonyl (C=O) groups excluding carboxylic acids is 1. The predicted octanol–water partition coefficient (Wildman–Crippen LogP) is 4.14. The van der Waals surface area contributed by atoms with E-state index < -0.39 is 0 Å². The van der Waals surface area contributed by atoms with Gasteiger partial charge in [-0.25, -0.2) is 4.79 Å². The van der Waals surface area contributed by atoms with Gasteiger partial charge in [-0.15, -0.1) is 0 Å². The highest BCUT2D eigenvalue weighted by Gasteiger charge is 2.24. The van der Waals surface area contributed by atoms with Crippen LogP contribution in [0.3, 0.4) is 0 Å². The summed E-state index contributed by atoms with van der Waals surface area (Å²) >= 11 is 0. The summed E-state index contributed by atoms with van der Waals surface area (Å²) in [4.78, 5) is 18.9. The quantitative estimate of drug-likeness (QED) is 0.755. The lowest BCUT2D eigenvalue weighted by Gasteiger charge is -2.32. The lowest BCUT2D eigenvalue weighted by atomic mass is 10.1. The monoisotopic (exact) mass is 400 g/mol. The van der Waals surface area contributed by atoms with Crippen molar-refractivity contribution < 1.29 is 14.1 Å². The summed E-state index contributed by atoms with van der Waals surface area (Å²) < 4.78 is 11.3. The number of anilines is 1. The zero-order valence-electron chi connectivity index (χ0n) is 17.9. The molecule has 1 aromatic carbocycles. The SMILES string of the molecule is Cc1ccc(NC(=O)N2CCCC(OCCc3noc(CC(C)C)n3)C2)cc1C. The van der Waals surface area contributed by atoms with Gasteiger partial charge in [-0.2, -0.15) is 4.98 Å². The maximum atomic E-state index is 12.6. The Labute approximate surface area is 172 Å². The number of urea groups is 1. The van der Waals surface area contributed by atoms with Crippen LogP contribution in [0.2, 0.25) is 0 Å². The summed E-state index contributed by atoms with van der Waals surface area (Å²) in [5.74, 6) is 1.85. The van der Waals surface area contributed by atoms with Crippen LogP contribution in [0, 0.1) is 19.8 Å². The molecule has 1 saturated heterocycles. The first kappa shape index (κ1) is 21.3. The van der Waals surface area contributed by atoms with Crippen LogP contribution < -0.4 is 5.32 Å². The Hall–Kier alpha value is -2.41. The van der Waals surface area contributed by atoms with E-state index in [4.69, 9.17) is 9.26 Å². The molecule has 2 amide bonds. The average Bonchev–Trinajstić information content (AvgIpc) is 3.11. The van der Waals surface area contributed by atoms with Crippen molar-refractivity contribution in [2.75, 3.05) is 25.0 Å². The smallest absolute Gasteiger partial charge is 0.321 e. The maximum Gasteiger partial charge on any atom is 0.321 e. The Morgan fingerprint density at radius 3 is 2.93 bits per heavy atom. The Balaban J connectivity index is 1.44. The first-order chi connectivity index (χ1) is 13.9. The van der Waals surface area contributed by atoms with E-state index in [0.717, 1.165) is 31.5 Å². The number of rotatable bonds is 7. The molecule has 1 aromatic heterocycles. The minimum absolute atomic E-state index is 0.0382. The normalized spacial score (nSPS) is 17.0. The number of aromatic nitrogens is 2. The topological polar surface area (TPSA) is 80.5 Å². The molecule has 0 radical (unpaired) electrons. The lowest BCUT2D eigenvalue weighted by Crippen LogP contribution is -2.45. The number of piperidine rings is 1. The minimum Gasteiger partial charge on any atom is -0.376 e. The van der Waals surface area contributed by atoms with Crippen molar-refractivity contribution in [3.05, 3.63) is 41.0 Å². The van der Waals surface area contributed by atoms with Gasteiger partial charge in [0.2, 0.25) is 5.89 Å². The van der Waals surface area contributed by atoms with Gasteiger partial charge in [-0.3, -0.25) is 0 Å². The van der Waals surface area contributed by atoms with Gasteiger partial charge in [0.05, 0.1) is 12.7 Å². The fourth-order valence-electron chi connectivity index (χ4n) is 3.42. The fraction of sp³-hybridized carbons (Fsp3) is 0.591. The number of aryl methyl sites for hydroxylation is 2. The average molecular weight is 401 g/mol. The summed E-state index contributed by atoms with van der Waals surface area (Å²) in [5.41, 5.74) is 3.21. The largest absolute Gasteiger partial charge is 0.376 e. The molecule has 7 heteroatoms. The van der Waals surface area contributed by atoms with Gasteiger partial charge in [0.25, 0.3) is 0 Å². The molecule has 1 fully saturated rings. The van der Waals surface area contributed by atoms with Crippen molar-refractivity contribution in [3.63, 3.8) is 0 Å². The Morgan fingerprint density at radius 2 is 2.17 bits per heavy atom. The lowest BCUT2D eigenvalue weighted by molar-refractivity contribution is 0.0120. The van der Waals surface area contributed by atoms with Crippen molar-refractivity contribution in [2.24, 2.45) is 5.92 Å². The standard InChI is InChI=1S/C22H32N4O3/c1-15(2)12-21-24-20(25-29-21)9-11-28-19-6-5-10-26(14-19)22(27)23-18-8-7-16(3)17(4)13-18/h7-8,13,15,19H,5-6,9-12,14H2,1-4H3,(H,23,27). The number of hydrogen-bond donors (Lipinski definition) is 1. The van der Waals surface area contributed by atoms with Crippen LogP contribution in [0.15, 0.2) is 22.7 Å². The number of carbonyl (C=O) groups is 1. The first-order valence-corrected chi connectivity index (χ1v) is 10.5. The van der Waals surface area contributed by atoms with Gasteiger partial charge in [-0.1, -0.05) is 25.1 Å². The highest BCUT2D eigenvalue weighted by molar-refractivity contribution is 5.89. The third-order valence-corrected chi connectivity index (χ3v) is 5.20. The number of nitrogens with one attached hydrogen (secondary N) is 1. The summed E-state index contributed by atoms with van der Waals surface area (Å²) in [6.07, 6.45) is 3.34. The third kappa shape index (κ3) is 6.29. The van der Waals surface area contributed by atoms with Gasteiger partial charge in [0.15, 0.2) is 5.82 Å². The molecule has 3 rings (SSSR count). The molecule has 0 saturated carbocycles. The zero-order chi connectivity index (χ0) is 20.8. The molecule has 29 heavy (non-hydrogen) atoms. The van der Waals surface area contributed by atoms with E-state index in [-0.39, 0.29) is 12.1 Å². The summed E-state index contributed by atoms with van der Waals surface area (Å²) in [6.45, 7) is 10.2. The highest BCUT2D eigenvalue weighted by atomic mass is 16.5. The van der Waals surface area contributed by atoms with E-state index in [1.807, 2.05) is 30.0 Å². The van der Waals surface area contributed by atoms with Crippen LogP contribution in [-0.4, -0.2) is 46.9 Å². The van der Waals surface area contributed by atoms with E-state index in [1.54, 1.807) is 0 Å². The van der Waals surface area contributed by atoms with E-state index in [0.29, 0.717) is 37.2 Å². The van der Waals surface area contributed by atoms with Gasteiger partial charge in [0, 0.05) is 31.6 Å². The van der Waals surface area contributed by atoms with E-state index in [9.17, 15) is 4.79 Å². The number of amides is 2. The molecule has 7 nitrogen and oxygen atoms in total. The molecule has 0 aliphatic carbocycles. The molecule has 1 aliphatic heterocycles. The molecule has 1 N–H and O–H groups in total. The number of likely N-dealkylation sites (tertiary alicyclic amines) is 1. The Morgan fingerprint density at radius 1 is 1.34 bits per heavy atom. The van der Waals surface area contributed by atoms with E-state index >= 15 is 0 Å².